The Morgan fingerprint density at radius 3 is 2.13 bits per heavy atom. The molecule has 1 aliphatic heterocycles. The number of nitrogens with zero attached hydrogens (tertiary/aromatic N) is 1. The van der Waals surface area contributed by atoms with Gasteiger partial charge in [-0.3, -0.25) is 4.79 Å². The van der Waals surface area contributed by atoms with Gasteiger partial charge in [-0.05, 0) is 18.1 Å². The number of ether oxygens (including phenoxy) is 1. The van der Waals surface area contributed by atoms with E-state index in [0.29, 0.717) is 19.6 Å². The summed E-state index contributed by atoms with van der Waals surface area (Å²) in [6.45, 7) is 3.28. The van der Waals surface area contributed by atoms with Crippen molar-refractivity contribution in [2.24, 2.45) is 0 Å². The Kier molecular flexibility index (Phi) is 5.09. The lowest BCUT2D eigenvalue weighted by atomic mass is 9.91. The molecule has 3 heteroatoms. The molecule has 1 amide bonds. The van der Waals surface area contributed by atoms with Gasteiger partial charge < -0.3 is 9.64 Å². The van der Waals surface area contributed by atoms with Crippen LogP contribution in [0.15, 0.2) is 60.7 Å². The Morgan fingerprint density at radius 1 is 1.04 bits per heavy atom. The van der Waals surface area contributed by atoms with Crippen molar-refractivity contribution in [2.45, 2.75) is 31.9 Å². The molecule has 0 radical (unpaired) electrons. The van der Waals surface area contributed by atoms with E-state index in [4.69, 9.17) is 4.74 Å². The molecule has 1 saturated heterocycles. The lowest BCUT2D eigenvalue weighted by Crippen LogP contribution is -2.38. The van der Waals surface area contributed by atoms with Crippen LogP contribution in [0.25, 0.3) is 0 Å². The molecular formula is C20H23NO2. The smallest absolute Gasteiger partial charge is 0.224 e. The molecule has 0 spiro atoms. The largest absolute Gasteiger partial charge is 0.359 e. The van der Waals surface area contributed by atoms with E-state index >= 15 is 0 Å². The van der Waals surface area contributed by atoms with Crippen LogP contribution in [0.4, 0.5) is 0 Å². The Balaban J connectivity index is 1.88. The van der Waals surface area contributed by atoms with Gasteiger partial charge in [-0.15, -0.1) is 0 Å². The maximum Gasteiger partial charge on any atom is 0.224 e. The molecule has 2 aromatic rings. The Labute approximate surface area is 137 Å². The van der Waals surface area contributed by atoms with Crippen molar-refractivity contribution in [3.8, 4) is 0 Å². The number of benzene rings is 2. The molecule has 3 nitrogen and oxygen atoms in total. The summed E-state index contributed by atoms with van der Waals surface area (Å²) in [6, 6.07) is 20.8. The van der Waals surface area contributed by atoms with Gasteiger partial charge in [-0.2, -0.15) is 0 Å². The molecule has 23 heavy (non-hydrogen) atoms. The summed E-state index contributed by atoms with van der Waals surface area (Å²) in [5.41, 5.74) is 2.46. The number of carbonyl (C=O) groups excluding carboxylic acids is 1. The van der Waals surface area contributed by atoms with E-state index in [9.17, 15) is 4.79 Å². The molecule has 0 aliphatic carbocycles. The van der Waals surface area contributed by atoms with Crippen LogP contribution < -0.4 is 0 Å². The molecular weight excluding hydrogens is 286 g/mol. The predicted molar refractivity (Wildman–Crippen MR) is 91.1 cm³/mol. The van der Waals surface area contributed by atoms with Gasteiger partial charge in [-0.1, -0.05) is 60.7 Å². The van der Waals surface area contributed by atoms with Crippen LogP contribution in [-0.4, -0.2) is 30.2 Å². The number of hydrogen-bond acceptors (Lipinski definition) is 2. The minimum Gasteiger partial charge on any atom is -0.359 e. The number of hydrogen-bond donors (Lipinski definition) is 0. The number of carbonyl (C=O) groups is 1. The molecule has 1 atom stereocenters. The van der Waals surface area contributed by atoms with Crippen molar-refractivity contribution >= 4 is 5.91 Å². The lowest BCUT2D eigenvalue weighted by Gasteiger charge is -2.29. The topological polar surface area (TPSA) is 29.5 Å². The van der Waals surface area contributed by atoms with E-state index < -0.39 is 0 Å². The predicted octanol–water partition coefficient (Wildman–Crippen LogP) is 3.80. The third kappa shape index (κ3) is 3.62. The van der Waals surface area contributed by atoms with E-state index in [1.54, 1.807) is 0 Å². The molecule has 0 N–H and O–H groups in total. The molecule has 1 fully saturated rings. The number of amides is 1. The first-order chi connectivity index (χ1) is 11.3. The van der Waals surface area contributed by atoms with Gasteiger partial charge >= 0.3 is 0 Å². The summed E-state index contributed by atoms with van der Waals surface area (Å²) in [5, 5.41) is 0. The highest BCUT2D eigenvalue weighted by Gasteiger charge is 2.33. The Hall–Kier alpha value is -2.13. The minimum atomic E-state index is -0.0811. The highest BCUT2D eigenvalue weighted by atomic mass is 16.5. The monoisotopic (exact) mass is 309 g/mol. The molecule has 3 rings (SSSR count). The summed E-state index contributed by atoms with van der Waals surface area (Å²) >= 11 is 0. The van der Waals surface area contributed by atoms with Gasteiger partial charge in [0.15, 0.2) is 0 Å². The number of likely N-dealkylation sites (tertiary alicyclic amines) is 1. The van der Waals surface area contributed by atoms with Crippen LogP contribution in [0, 0.1) is 0 Å². The fourth-order valence-corrected chi connectivity index (χ4v) is 3.26. The fourth-order valence-electron chi connectivity index (χ4n) is 3.26. The average Bonchev–Trinajstić information content (AvgIpc) is 2.94. The molecule has 0 bridgehead atoms. The van der Waals surface area contributed by atoms with Crippen molar-refractivity contribution in [3.63, 3.8) is 0 Å². The Bertz CT molecular complexity index is 587. The minimum absolute atomic E-state index is 0.0811. The van der Waals surface area contributed by atoms with Gasteiger partial charge in [0.1, 0.15) is 6.23 Å². The zero-order valence-electron chi connectivity index (χ0n) is 13.5. The molecule has 120 valence electrons. The summed E-state index contributed by atoms with van der Waals surface area (Å²) in [4.78, 5) is 14.2. The quantitative estimate of drug-likeness (QED) is 0.812. The highest BCUT2D eigenvalue weighted by molar-refractivity contribution is 5.78. The molecule has 1 unspecified atom stereocenters. The average molecular weight is 309 g/mol. The van der Waals surface area contributed by atoms with Crippen molar-refractivity contribution in [2.75, 3.05) is 13.2 Å². The summed E-state index contributed by atoms with van der Waals surface area (Å²) in [6.07, 6.45) is 1.30. The summed E-state index contributed by atoms with van der Waals surface area (Å²) < 4.78 is 5.76. The fraction of sp³-hybridized carbons (Fsp3) is 0.350. The third-order valence-electron chi connectivity index (χ3n) is 4.42. The van der Waals surface area contributed by atoms with Gasteiger partial charge in [0.05, 0.1) is 0 Å². The first-order valence-electron chi connectivity index (χ1n) is 8.30. The number of rotatable bonds is 6. The van der Waals surface area contributed by atoms with Crippen LogP contribution in [0.2, 0.25) is 0 Å². The van der Waals surface area contributed by atoms with E-state index in [-0.39, 0.29) is 18.1 Å². The van der Waals surface area contributed by atoms with Gasteiger partial charge in [0, 0.05) is 31.9 Å². The Morgan fingerprint density at radius 2 is 1.61 bits per heavy atom. The first-order valence-corrected chi connectivity index (χ1v) is 8.30. The molecule has 2 aromatic carbocycles. The van der Waals surface area contributed by atoms with Crippen molar-refractivity contribution in [1.29, 1.82) is 0 Å². The zero-order chi connectivity index (χ0) is 16.1. The molecule has 1 heterocycles. The van der Waals surface area contributed by atoms with Crippen molar-refractivity contribution in [1.82, 2.24) is 4.90 Å². The standard InChI is InChI=1S/C20H23NO2/c1-2-23-20-14-13-19(22)21(20)15-18(16-9-5-3-6-10-16)17-11-7-4-8-12-17/h3-12,18,20H,2,13-15H2,1H3. The lowest BCUT2D eigenvalue weighted by molar-refractivity contribution is -0.136. The van der Waals surface area contributed by atoms with Crippen LogP contribution in [0.3, 0.4) is 0 Å². The first kappa shape index (κ1) is 15.8. The van der Waals surface area contributed by atoms with E-state index in [1.165, 1.54) is 11.1 Å². The van der Waals surface area contributed by atoms with Crippen LogP contribution >= 0.6 is 0 Å². The highest BCUT2D eigenvalue weighted by Crippen LogP contribution is 2.29. The van der Waals surface area contributed by atoms with E-state index in [2.05, 4.69) is 48.5 Å². The molecule has 0 aromatic heterocycles. The summed E-state index contributed by atoms with van der Waals surface area (Å²) in [5.74, 6) is 0.364. The SMILES string of the molecule is CCOC1CCC(=O)N1CC(c1ccccc1)c1ccccc1. The van der Waals surface area contributed by atoms with E-state index in [0.717, 1.165) is 6.42 Å². The van der Waals surface area contributed by atoms with Crippen molar-refractivity contribution in [3.05, 3.63) is 71.8 Å². The van der Waals surface area contributed by atoms with Crippen LogP contribution in [0.1, 0.15) is 36.8 Å². The maximum atomic E-state index is 12.3. The summed E-state index contributed by atoms with van der Waals surface area (Å²) in [7, 11) is 0. The second-order valence-corrected chi connectivity index (χ2v) is 5.87. The zero-order valence-corrected chi connectivity index (χ0v) is 13.5. The van der Waals surface area contributed by atoms with Crippen LogP contribution in [0.5, 0.6) is 0 Å². The molecule has 0 saturated carbocycles. The second-order valence-electron chi connectivity index (χ2n) is 5.87. The maximum absolute atomic E-state index is 12.3. The normalized spacial score (nSPS) is 17.9. The second kappa shape index (κ2) is 7.42. The van der Waals surface area contributed by atoms with Crippen molar-refractivity contribution < 1.29 is 9.53 Å². The van der Waals surface area contributed by atoms with Crippen LogP contribution in [-0.2, 0) is 9.53 Å². The molecule has 1 aliphatic rings. The van der Waals surface area contributed by atoms with Gasteiger partial charge in [-0.25, -0.2) is 0 Å². The van der Waals surface area contributed by atoms with E-state index in [1.807, 2.05) is 24.0 Å². The van der Waals surface area contributed by atoms with Gasteiger partial charge in [0.2, 0.25) is 5.91 Å². The van der Waals surface area contributed by atoms with Gasteiger partial charge in [0.25, 0.3) is 0 Å². The third-order valence-corrected chi connectivity index (χ3v) is 4.42.